The fourth-order valence-electron chi connectivity index (χ4n) is 5.57. The van der Waals surface area contributed by atoms with Crippen LogP contribution in [0, 0.1) is 6.92 Å². The van der Waals surface area contributed by atoms with Crippen molar-refractivity contribution >= 4 is 40.6 Å². The number of hydrogen-bond acceptors (Lipinski definition) is 7. The molecule has 5 aromatic carbocycles. The van der Waals surface area contributed by atoms with E-state index >= 15 is 0 Å². The molecule has 1 unspecified atom stereocenters. The quantitative estimate of drug-likeness (QED) is 0.176. The lowest BCUT2D eigenvalue weighted by Crippen LogP contribution is -2.44. The van der Waals surface area contributed by atoms with Gasteiger partial charge in [-0.05, 0) is 84.8 Å². The number of nitrogens with one attached hydrogen (secondary N) is 1. The maximum absolute atomic E-state index is 13.8. The number of amides is 2. The van der Waals surface area contributed by atoms with Gasteiger partial charge in [-0.3, -0.25) is 24.4 Å². The van der Waals surface area contributed by atoms with Crippen LogP contribution in [0.25, 0.3) is 34.1 Å². The molecule has 1 saturated heterocycles. The Balaban J connectivity index is 1.20. The Labute approximate surface area is 286 Å². The van der Waals surface area contributed by atoms with E-state index in [1.165, 1.54) is 16.8 Å². The number of aromatic nitrogens is 2. The summed E-state index contributed by atoms with van der Waals surface area (Å²) in [5.41, 5.74) is 7.36. The zero-order valence-electron chi connectivity index (χ0n) is 26.5. The zero-order valence-corrected chi connectivity index (χ0v) is 27.3. The van der Waals surface area contributed by atoms with Gasteiger partial charge in [0.25, 0.3) is 17.4 Å². The number of carbonyl (C=O) groups is 2. The minimum absolute atomic E-state index is 0.0917. The number of fused-ring (bicyclic) bond motifs is 1. The molecule has 2 amide bonds. The number of aromatic hydroxyl groups is 1. The summed E-state index contributed by atoms with van der Waals surface area (Å²) in [7, 11) is 1.59. The van der Waals surface area contributed by atoms with Crippen molar-refractivity contribution in [3.05, 3.63) is 159 Å². The Kier molecular flexibility index (Phi) is 8.46. The smallest absolute Gasteiger partial charge is 0.280 e. The number of nitrogens with zero attached hydrogens (tertiary/aromatic N) is 3. The number of carbonyl (C=O) groups excluding carboxylic acids is 2. The lowest BCUT2D eigenvalue weighted by molar-refractivity contribution is -0.128. The third kappa shape index (κ3) is 6.29. The van der Waals surface area contributed by atoms with Crippen LogP contribution in [-0.4, -0.2) is 38.6 Å². The summed E-state index contributed by atoms with van der Waals surface area (Å²) in [5, 5.41) is 11.1. The maximum atomic E-state index is 13.8. The van der Waals surface area contributed by atoms with Crippen LogP contribution in [0.5, 0.6) is 11.5 Å². The van der Waals surface area contributed by atoms with Gasteiger partial charge in [0.1, 0.15) is 22.7 Å². The fraction of sp³-hybridized carbons (Fsp3) is 0.0769. The van der Waals surface area contributed by atoms with Crippen molar-refractivity contribution in [3.8, 4) is 28.6 Å². The topological polar surface area (TPSA) is 114 Å². The van der Waals surface area contributed by atoms with Crippen LogP contribution in [0.4, 0.5) is 0 Å². The highest BCUT2D eigenvalue weighted by atomic mass is 32.2. The van der Waals surface area contributed by atoms with Crippen LogP contribution in [0.2, 0.25) is 0 Å². The van der Waals surface area contributed by atoms with E-state index < -0.39 is 11.3 Å². The van der Waals surface area contributed by atoms with Crippen LogP contribution in [0.1, 0.15) is 32.4 Å². The second kappa shape index (κ2) is 13.2. The molecule has 9 nitrogen and oxygen atoms in total. The Hall–Kier alpha value is -6.13. The Morgan fingerprint density at radius 2 is 1.57 bits per heavy atom. The van der Waals surface area contributed by atoms with Gasteiger partial charge in [-0.15, -0.1) is 0 Å². The predicted octanol–water partition coefficient (Wildman–Crippen LogP) is 7.04. The summed E-state index contributed by atoms with van der Waals surface area (Å²) in [4.78, 5) is 46.5. The van der Waals surface area contributed by atoms with Gasteiger partial charge in [-0.1, -0.05) is 78.0 Å². The summed E-state index contributed by atoms with van der Waals surface area (Å²) >= 11 is 1.30. The Morgan fingerprint density at radius 1 is 0.878 bits per heavy atom. The number of rotatable bonds is 7. The van der Waals surface area contributed by atoms with Gasteiger partial charge in [0.05, 0.1) is 28.6 Å². The predicted molar refractivity (Wildman–Crippen MR) is 191 cm³/mol. The van der Waals surface area contributed by atoms with E-state index in [4.69, 9.17) is 9.72 Å². The molecule has 1 aliphatic heterocycles. The third-order valence-electron chi connectivity index (χ3n) is 8.19. The molecule has 6 aromatic rings. The number of aryl methyl sites for hydroxylation is 1. The molecule has 1 aliphatic rings. The van der Waals surface area contributed by atoms with Crippen LogP contribution in [0.15, 0.2) is 131 Å². The number of para-hydroxylation sites is 1. The molecular weight excluding hydrogens is 637 g/mol. The van der Waals surface area contributed by atoms with Crippen molar-refractivity contribution in [1.29, 1.82) is 0 Å². The average Bonchev–Trinajstić information content (AvgIpc) is 3.42. The largest absolute Gasteiger partial charge is 0.508 e. The monoisotopic (exact) mass is 666 g/mol. The van der Waals surface area contributed by atoms with Crippen molar-refractivity contribution in [2.75, 3.05) is 7.11 Å². The van der Waals surface area contributed by atoms with Crippen LogP contribution in [-0.2, 0) is 4.79 Å². The van der Waals surface area contributed by atoms with Gasteiger partial charge < -0.3 is 9.84 Å². The molecule has 1 fully saturated rings. The Bertz CT molecular complexity index is 2280. The number of phenols is 1. The van der Waals surface area contributed by atoms with Gasteiger partial charge >= 0.3 is 0 Å². The van der Waals surface area contributed by atoms with Gasteiger partial charge in [-0.2, -0.15) is 0 Å². The number of thioether (sulfide) groups is 1. The van der Waals surface area contributed by atoms with Crippen LogP contribution < -0.4 is 15.7 Å². The SMILES string of the molecule is COc1ccc(/C=C2\SC(c3ccc(O)cc3)N(NC(=O)c3ccc(-n4c(-c5ccc(C)cc5)nc5ccccc5c4=O)cc3)C2=O)cc1. The molecule has 0 aliphatic carbocycles. The molecule has 10 heteroatoms. The summed E-state index contributed by atoms with van der Waals surface area (Å²) < 4.78 is 6.79. The molecule has 1 atom stereocenters. The molecule has 1 aromatic heterocycles. The van der Waals surface area contributed by atoms with Crippen molar-refractivity contribution in [2.45, 2.75) is 12.3 Å². The van der Waals surface area contributed by atoms with Gasteiger partial charge in [0.2, 0.25) is 0 Å². The number of ether oxygens (including phenoxy) is 1. The van der Waals surface area contributed by atoms with E-state index in [-0.39, 0.29) is 22.8 Å². The fourth-order valence-corrected chi connectivity index (χ4v) is 6.76. The average molecular weight is 667 g/mol. The van der Waals surface area contributed by atoms with Gasteiger partial charge in [-0.25, -0.2) is 9.99 Å². The first-order valence-electron chi connectivity index (χ1n) is 15.4. The first-order chi connectivity index (χ1) is 23.8. The minimum Gasteiger partial charge on any atom is -0.508 e. The minimum atomic E-state index is -0.583. The maximum Gasteiger partial charge on any atom is 0.280 e. The highest BCUT2D eigenvalue weighted by molar-refractivity contribution is 8.04. The first-order valence-corrected chi connectivity index (χ1v) is 16.3. The zero-order chi connectivity index (χ0) is 34.1. The van der Waals surface area contributed by atoms with E-state index in [1.807, 2.05) is 67.6 Å². The van der Waals surface area contributed by atoms with Crippen molar-refractivity contribution in [3.63, 3.8) is 0 Å². The molecule has 0 bridgehead atoms. The molecular formula is C39H30N4O5S. The number of benzene rings is 5. The van der Waals surface area contributed by atoms with E-state index in [0.717, 1.165) is 22.3 Å². The summed E-state index contributed by atoms with van der Waals surface area (Å²) in [6.07, 6.45) is 1.77. The van der Waals surface area contributed by atoms with Crippen LogP contribution >= 0.6 is 11.8 Å². The standard InChI is InChI=1S/C39H30N4O5S/c1-24-7-11-26(12-8-24)35-40-33-6-4-3-5-32(33)37(46)42(35)29-17-13-27(14-18-29)36(45)41-43-38(47)34(23-25-9-21-31(48-2)22-10-25)49-39(43)28-15-19-30(44)20-16-28/h3-23,39,44H,1-2H3,(H,41,45)/b34-23-. The van der Waals surface area contributed by atoms with E-state index in [0.29, 0.717) is 33.1 Å². The summed E-state index contributed by atoms with van der Waals surface area (Å²) in [6, 6.07) is 35.4. The Morgan fingerprint density at radius 3 is 2.27 bits per heavy atom. The number of hydrazine groups is 1. The molecule has 7 rings (SSSR count). The molecule has 0 radical (unpaired) electrons. The van der Waals surface area contributed by atoms with Crippen LogP contribution in [0.3, 0.4) is 0 Å². The van der Waals surface area contributed by atoms with Gasteiger partial charge in [0.15, 0.2) is 0 Å². The highest BCUT2D eigenvalue weighted by Gasteiger charge is 2.38. The molecule has 0 spiro atoms. The normalized spacial score (nSPS) is 15.1. The molecule has 242 valence electrons. The summed E-state index contributed by atoms with van der Waals surface area (Å²) in [5.74, 6) is 0.392. The number of hydrogen-bond donors (Lipinski definition) is 2. The lowest BCUT2D eigenvalue weighted by atomic mass is 10.1. The van der Waals surface area contributed by atoms with E-state index in [1.54, 1.807) is 78.4 Å². The third-order valence-corrected chi connectivity index (χ3v) is 9.44. The highest BCUT2D eigenvalue weighted by Crippen LogP contribution is 2.45. The van der Waals surface area contributed by atoms with Crippen molar-refractivity contribution < 1.29 is 19.4 Å². The first kappa shape index (κ1) is 31.5. The second-order valence-electron chi connectivity index (χ2n) is 11.5. The van der Waals surface area contributed by atoms with Crippen molar-refractivity contribution in [2.24, 2.45) is 0 Å². The summed E-state index contributed by atoms with van der Waals surface area (Å²) in [6.45, 7) is 1.99. The second-order valence-corrected chi connectivity index (χ2v) is 12.6. The lowest BCUT2D eigenvalue weighted by Gasteiger charge is -2.24. The number of phenolic OH excluding ortho intramolecular Hbond substituents is 1. The molecule has 49 heavy (non-hydrogen) atoms. The van der Waals surface area contributed by atoms with Crippen molar-refractivity contribution in [1.82, 2.24) is 20.0 Å². The number of methoxy groups -OCH3 is 1. The van der Waals surface area contributed by atoms with Gasteiger partial charge in [0, 0.05) is 11.1 Å². The molecule has 0 saturated carbocycles. The molecule has 2 N–H and O–H groups in total. The van der Waals surface area contributed by atoms with E-state index in [2.05, 4.69) is 5.43 Å². The molecule has 2 heterocycles. The van der Waals surface area contributed by atoms with E-state index in [9.17, 15) is 19.5 Å².